The average Bonchev–Trinajstić information content (AvgIpc) is 2.26. The quantitative estimate of drug-likeness (QED) is 0.762. The first-order valence-corrected chi connectivity index (χ1v) is 4.62. The molecule has 0 aliphatic rings. The van der Waals surface area contributed by atoms with E-state index < -0.39 is 0 Å². The second-order valence-electron chi connectivity index (χ2n) is 3.28. The van der Waals surface area contributed by atoms with Crippen molar-refractivity contribution < 1.29 is 14.9 Å². The smallest absolute Gasteiger partial charge is 0.127 e. The summed E-state index contributed by atoms with van der Waals surface area (Å²) in [5.74, 6) is 0.702. The zero-order valence-electron chi connectivity index (χ0n) is 8.53. The Hall–Kier alpha value is -1.06. The van der Waals surface area contributed by atoms with Crippen LogP contribution in [0.15, 0.2) is 18.2 Å². The Morgan fingerprint density at radius 1 is 1.36 bits per heavy atom. The van der Waals surface area contributed by atoms with E-state index in [9.17, 15) is 0 Å². The number of methoxy groups -OCH3 is 1. The van der Waals surface area contributed by atoms with Crippen LogP contribution in [-0.2, 0) is 6.61 Å². The van der Waals surface area contributed by atoms with E-state index in [4.69, 9.17) is 14.9 Å². The lowest BCUT2D eigenvalue weighted by Crippen LogP contribution is -2.04. The van der Waals surface area contributed by atoms with Gasteiger partial charge >= 0.3 is 0 Å². The molecule has 0 aromatic heterocycles. The fourth-order valence-electron chi connectivity index (χ4n) is 1.46. The van der Waals surface area contributed by atoms with Crippen molar-refractivity contribution in [3.63, 3.8) is 0 Å². The van der Waals surface area contributed by atoms with Crippen LogP contribution in [0.3, 0.4) is 0 Å². The van der Waals surface area contributed by atoms with E-state index in [1.807, 2.05) is 25.1 Å². The summed E-state index contributed by atoms with van der Waals surface area (Å²) in [6.07, 6.45) is 0. The molecule has 0 saturated carbocycles. The van der Waals surface area contributed by atoms with Gasteiger partial charge in [-0.2, -0.15) is 0 Å². The average molecular weight is 196 g/mol. The summed E-state index contributed by atoms with van der Waals surface area (Å²) in [4.78, 5) is 0. The second kappa shape index (κ2) is 4.98. The molecule has 0 aliphatic carbocycles. The Labute approximate surface area is 84.0 Å². The molecule has 1 atom stereocenters. The van der Waals surface area contributed by atoms with Crippen LogP contribution >= 0.6 is 0 Å². The largest absolute Gasteiger partial charge is 0.496 e. The molecule has 1 unspecified atom stereocenters. The monoisotopic (exact) mass is 196 g/mol. The van der Waals surface area contributed by atoms with Crippen molar-refractivity contribution in [2.24, 2.45) is 0 Å². The van der Waals surface area contributed by atoms with Gasteiger partial charge in [0.15, 0.2) is 0 Å². The molecular weight excluding hydrogens is 180 g/mol. The van der Waals surface area contributed by atoms with Crippen LogP contribution in [0.2, 0.25) is 0 Å². The highest BCUT2D eigenvalue weighted by atomic mass is 16.5. The van der Waals surface area contributed by atoms with E-state index in [0.29, 0.717) is 5.75 Å². The highest BCUT2D eigenvalue weighted by Gasteiger charge is 2.13. The van der Waals surface area contributed by atoms with Gasteiger partial charge in [-0.05, 0) is 5.56 Å². The van der Waals surface area contributed by atoms with Crippen LogP contribution in [0.25, 0.3) is 0 Å². The van der Waals surface area contributed by atoms with E-state index >= 15 is 0 Å². The molecule has 0 bridgehead atoms. The number of aliphatic hydroxyl groups excluding tert-OH is 2. The van der Waals surface area contributed by atoms with Gasteiger partial charge in [-0.25, -0.2) is 0 Å². The number of rotatable bonds is 4. The number of ether oxygens (including phenoxy) is 1. The first-order chi connectivity index (χ1) is 6.74. The zero-order valence-corrected chi connectivity index (χ0v) is 8.53. The Kier molecular flexibility index (Phi) is 3.92. The summed E-state index contributed by atoms with van der Waals surface area (Å²) >= 11 is 0. The van der Waals surface area contributed by atoms with Gasteiger partial charge in [0.25, 0.3) is 0 Å². The van der Waals surface area contributed by atoms with Gasteiger partial charge in [0.05, 0.1) is 13.7 Å². The highest BCUT2D eigenvalue weighted by Crippen LogP contribution is 2.29. The third kappa shape index (κ3) is 2.05. The van der Waals surface area contributed by atoms with Crippen molar-refractivity contribution in [2.45, 2.75) is 19.4 Å². The van der Waals surface area contributed by atoms with Crippen molar-refractivity contribution >= 4 is 0 Å². The molecule has 0 radical (unpaired) electrons. The molecule has 0 saturated heterocycles. The van der Waals surface area contributed by atoms with Gasteiger partial charge in [-0.15, -0.1) is 0 Å². The van der Waals surface area contributed by atoms with Crippen LogP contribution in [0.5, 0.6) is 5.75 Å². The van der Waals surface area contributed by atoms with E-state index in [0.717, 1.165) is 11.1 Å². The number of hydrogen-bond donors (Lipinski definition) is 2. The summed E-state index contributed by atoms with van der Waals surface area (Å²) < 4.78 is 5.22. The van der Waals surface area contributed by atoms with Gasteiger partial charge in [-0.3, -0.25) is 0 Å². The fraction of sp³-hybridized carbons (Fsp3) is 0.455. The molecule has 3 heteroatoms. The number of aliphatic hydroxyl groups is 2. The van der Waals surface area contributed by atoms with Crippen molar-refractivity contribution in [3.05, 3.63) is 29.3 Å². The maximum atomic E-state index is 9.09. The van der Waals surface area contributed by atoms with E-state index in [1.54, 1.807) is 7.11 Å². The molecule has 1 aromatic rings. The molecular formula is C11H16O3. The maximum Gasteiger partial charge on any atom is 0.127 e. The number of para-hydroxylation sites is 1. The van der Waals surface area contributed by atoms with Gasteiger partial charge < -0.3 is 14.9 Å². The zero-order chi connectivity index (χ0) is 10.6. The Balaban J connectivity index is 3.14. The molecule has 3 nitrogen and oxygen atoms in total. The van der Waals surface area contributed by atoms with E-state index in [2.05, 4.69) is 0 Å². The Morgan fingerprint density at radius 3 is 2.57 bits per heavy atom. The fourth-order valence-corrected chi connectivity index (χ4v) is 1.46. The summed E-state index contributed by atoms with van der Waals surface area (Å²) in [5, 5.41) is 18.1. The van der Waals surface area contributed by atoms with Gasteiger partial charge in [0, 0.05) is 18.1 Å². The highest BCUT2D eigenvalue weighted by molar-refractivity contribution is 5.43. The molecule has 1 aromatic carbocycles. The minimum Gasteiger partial charge on any atom is -0.496 e. The summed E-state index contributed by atoms with van der Waals surface area (Å²) in [7, 11) is 1.57. The molecule has 2 N–H and O–H groups in total. The predicted molar refractivity (Wildman–Crippen MR) is 54.4 cm³/mol. The summed E-state index contributed by atoms with van der Waals surface area (Å²) in [5.41, 5.74) is 1.69. The van der Waals surface area contributed by atoms with E-state index in [1.165, 1.54) is 0 Å². The summed E-state index contributed by atoms with van der Waals surface area (Å²) in [6, 6.07) is 5.57. The standard InChI is InChI=1S/C11H16O3/c1-8(6-12)10-5-3-4-9(7-13)11(10)14-2/h3-5,8,12-13H,6-7H2,1-2H3. The Bertz CT molecular complexity index is 297. The molecule has 0 heterocycles. The lowest BCUT2D eigenvalue weighted by molar-refractivity contribution is 0.262. The van der Waals surface area contributed by atoms with Crippen molar-refractivity contribution in [1.29, 1.82) is 0 Å². The third-order valence-corrected chi connectivity index (χ3v) is 2.31. The molecule has 1 rings (SSSR count). The SMILES string of the molecule is COc1c(CO)cccc1C(C)CO. The first-order valence-electron chi connectivity index (χ1n) is 4.62. The van der Waals surface area contributed by atoms with Gasteiger partial charge in [0.2, 0.25) is 0 Å². The molecule has 78 valence electrons. The van der Waals surface area contributed by atoms with Crippen LogP contribution in [0, 0.1) is 0 Å². The van der Waals surface area contributed by atoms with E-state index in [-0.39, 0.29) is 19.1 Å². The van der Waals surface area contributed by atoms with Crippen LogP contribution in [0.1, 0.15) is 24.0 Å². The lowest BCUT2D eigenvalue weighted by Gasteiger charge is -2.15. The van der Waals surface area contributed by atoms with Crippen LogP contribution in [-0.4, -0.2) is 23.9 Å². The third-order valence-electron chi connectivity index (χ3n) is 2.31. The minimum atomic E-state index is -0.0465. The molecule has 0 aliphatic heterocycles. The predicted octanol–water partition coefficient (Wildman–Crippen LogP) is 1.28. The van der Waals surface area contributed by atoms with Gasteiger partial charge in [-0.1, -0.05) is 25.1 Å². The van der Waals surface area contributed by atoms with Crippen LogP contribution in [0.4, 0.5) is 0 Å². The maximum absolute atomic E-state index is 9.09. The Morgan fingerprint density at radius 2 is 2.07 bits per heavy atom. The second-order valence-corrected chi connectivity index (χ2v) is 3.28. The molecule has 0 amide bonds. The molecule has 14 heavy (non-hydrogen) atoms. The normalized spacial score (nSPS) is 12.6. The number of hydrogen-bond acceptors (Lipinski definition) is 3. The van der Waals surface area contributed by atoms with Crippen molar-refractivity contribution in [3.8, 4) is 5.75 Å². The van der Waals surface area contributed by atoms with Crippen molar-refractivity contribution in [2.75, 3.05) is 13.7 Å². The minimum absolute atomic E-state index is 0.0245. The van der Waals surface area contributed by atoms with Crippen molar-refractivity contribution in [1.82, 2.24) is 0 Å². The van der Waals surface area contributed by atoms with Gasteiger partial charge in [0.1, 0.15) is 5.75 Å². The summed E-state index contributed by atoms with van der Waals surface area (Å²) in [6.45, 7) is 1.94. The van der Waals surface area contributed by atoms with Crippen LogP contribution < -0.4 is 4.74 Å². The lowest BCUT2D eigenvalue weighted by atomic mass is 9.98. The topological polar surface area (TPSA) is 49.7 Å². The molecule has 0 fully saturated rings. The first kappa shape index (κ1) is 11.0. The number of benzene rings is 1. The molecule has 0 spiro atoms.